The van der Waals surface area contributed by atoms with E-state index in [2.05, 4.69) is 17.3 Å². The Bertz CT molecular complexity index is 522. The number of benzene rings is 1. The van der Waals surface area contributed by atoms with E-state index in [0.29, 0.717) is 6.04 Å². The van der Waals surface area contributed by atoms with E-state index in [1.54, 1.807) is 12.1 Å². The molecule has 1 unspecified atom stereocenters. The molecule has 0 bridgehead atoms. The number of aromatic nitrogens is 2. The molecule has 0 fully saturated rings. The zero-order valence-electron chi connectivity index (χ0n) is 11.4. The van der Waals surface area contributed by atoms with Gasteiger partial charge >= 0.3 is 0 Å². The first-order valence-electron chi connectivity index (χ1n) is 6.59. The highest BCUT2D eigenvalue weighted by Crippen LogP contribution is 2.06. The second kappa shape index (κ2) is 6.48. The minimum Gasteiger partial charge on any atom is -0.314 e. The summed E-state index contributed by atoms with van der Waals surface area (Å²) in [5.74, 6) is -0.167. The Balaban J connectivity index is 1.74. The quantitative estimate of drug-likeness (QED) is 0.865. The van der Waals surface area contributed by atoms with Gasteiger partial charge in [0.25, 0.3) is 0 Å². The molecule has 1 N–H and O–H groups in total. The number of nitrogens with zero attached hydrogens (tertiary/aromatic N) is 2. The molecule has 19 heavy (non-hydrogen) atoms. The van der Waals surface area contributed by atoms with Gasteiger partial charge in [-0.2, -0.15) is 5.10 Å². The third-order valence-electron chi connectivity index (χ3n) is 3.10. The number of halogens is 1. The molecular weight excluding hydrogens is 241 g/mol. The lowest BCUT2D eigenvalue weighted by atomic mass is 10.1. The molecule has 0 aliphatic carbocycles. The van der Waals surface area contributed by atoms with Crippen molar-refractivity contribution < 1.29 is 4.39 Å². The van der Waals surface area contributed by atoms with Crippen molar-refractivity contribution in [2.75, 3.05) is 6.54 Å². The van der Waals surface area contributed by atoms with Gasteiger partial charge in [0.05, 0.1) is 6.20 Å². The summed E-state index contributed by atoms with van der Waals surface area (Å²) in [6.45, 7) is 3.02. The molecule has 1 heterocycles. The largest absolute Gasteiger partial charge is 0.314 e. The molecule has 1 aromatic carbocycles. The van der Waals surface area contributed by atoms with Crippen LogP contribution in [0.15, 0.2) is 36.7 Å². The Morgan fingerprint density at radius 3 is 2.89 bits per heavy atom. The maximum atomic E-state index is 13.1. The third-order valence-corrected chi connectivity index (χ3v) is 3.10. The van der Waals surface area contributed by atoms with Crippen molar-refractivity contribution in [3.63, 3.8) is 0 Å². The number of aryl methyl sites for hydroxylation is 1. The van der Waals surface area contributed by atoms with E-state index in [4.69, 9.17) is 0 Å². The number of hydrogen-bond acceptors (Lipinski definition) is 2. The summed E-state index contributed by atoms with van der Waals surface area (Å²) in [6.07, 6.45) is 5.71. The molecule has 0 amide bonds. The molecule has 0 saturated carbocycles. The van der Waals surface area contributed by atoms with Crippen molar-refractivity contribution >= 4 is 0 Å². The van der Waals surface area contributed by atoms with E-state index in [-0.39, 0.29) is 5.82 Å². The molecular formula is C15H20FN3. The van der Waals surface area contributed by atoms with Gasteiger partial charge in [0, 0.05) is 19.3 Å². The molecule has 2 rings (SSSR count). The molecule has 3 nitrogen and oxygen atoms in total. The van der Waals surface area contributed by atoms with Crippen LogP contribution in [0.3, 0.4) is 0 Å². The van der Waals surface area contributed by atoms with Crippen molar-refractivity contribution in [1.82, 2.24) is 15.1 Å². The van der Waals surface area contributed by atoms with Crippen molar-refractivity contribution in [2.24, 2.45) is 7.05 Å². The fourth-order valence-electron chi connectivity index (χ4n) is 2.15. The number of rotatable bonds is 6. The first kappa shape index (κ1) is 13.7. The molecule has 1 atom stereocenters. The van der Waals surface area contributed by atoms with Crippen molar-refractivity contribution in [2.45, 2.75) is 25.8 Å². The SMILES string of the molecule is CC(Cc1cccc(F)c1)NCCc1cnn(C)c1. The second-order valence-corrected chi connectivity index (χ2v) is 4.96. The summed E-state index contributed by atoms with van der Waals surface area (Å²) in [4.78, 5) is 0. The minimum atomic E-state index is -0.167. The second-order valence-electron chi connectivity index (χ2n) is 4.96. The molecule has 2 aromatic rings. The van der Waals surface area contributed by atoms with Gasteiger partial charge < -0.3 is 5.32 Å². The van der Waals surface area contributed by atoms with Crippen LogP contribution in [-0.2, 0) is 19.9 Å². The van der Waals surface area contributed by atoms with E-state index in [0.717, 1.165) is 24.9 Å². The fraction of sp³-hybridized carbons (Fsp3) is 0.400. The molecule has 0 spiro atoms. The van der Waals surface area contributed by atoms with Crippen LogP contribution in [0.1, 0.15) is 18.1 Å². The lowest BCUT2D eigenvalue weighted by Crippen LogP contribution is -2.29. The van der Waals surface area contributed by atoms with Crippen LogP contribution in [0.2, 0.25) is 0 Å². The molecule has 0 aliphatic rings. The van der Waals surface area contributed by atoms with Gasteiger partial charge in [-0.05, 0) is 49.6 Å². The summed E-state index contributed by atoms with van der Waals surface area (Å²) < 4.78 is 14.9. The van der Waals surface area contributed by atoms with Crippen LogP contribution in [0.5, 0.6) is 0 Å². The average Bonchev–Trinajstić information content (AvgIpc) is 2.75. The summed E-state index contributed by atoms with van der Waals surface area (Å²) in [7, 11) is 1.92. The maximum Gasteiger partial charge on any atom is 0.123 e. The molecule has 102 valence electrons. The first-order valence-corrected chi connectivity index (χ1v) is 6.59. The fourth-order valence-corrected chi connectivity index (χ4v) is 2.15. The van der Waals surface area contributed by atoms with Gasteiger partial charge in [0.2, 0.25) is 0 Å². The lowest BCUT2D eigenvalue weighted by molar-refractivity contribution is 0.546. The topological polar surface area (TPSA) is 29.9 Å². The Kier molecular flexibility index (Phi) is 4.68. The highest BCUT2D eigenvalue weighted by Gasteiger charge is 2.04. The van der Waals surface area contributed by atoms with Gasteiger partial charge in [-0.3, -0.25) is 4.68 Å². The van der Waals surface area contributed by atoms with Crippen LogP contribution in [-0.4, -0.2) is 22.4 Å². The summed E-state index contributed by atoms with van der Waals surface area (Å²) >= 11 is 0. The third kappa shape index (κ3) is 4.48. The lowest BCUT2D eigenvalue weighted by Gasteiger charge is -2.13. The van der Waals surface area contributed by atoms with E-state index < -0.39 is 0 Å². The average molecular weight is 261 g/mol. The van der Waals surface area contributed by atoms with Crippen LogP contribution in [0, 0.1) is 5.82 Å². The van der Waals surface area contributed by atoms with Crippen LogP contribution < -0.4 is 5.32 Å². The highest BCUT2D eigenvalue weighted by atomic mass is 19.1. The number of hydrogen-bond donors (Lipinski definition) is 1. The van der Waals surface area contributed by atoms with Crippen LogP contribution in [0.25, 0.3) is 0 Å². The summed E-state index contributed by atoms with van der Waals surface area (Å²) in [5.41, 5.74) is 2.26. The van der Waals surface area contributed by atoms with Gasteiger partial charge in [-0.15, -0.1) is 0 Å². The molecule has 1 aromatic heterocycles. The Morgan fingerprint density at radius 1 is 1.37 bits per heavy atom. The Morgan fingerprint density at radius 2 is 2.21 bits per heavy atom. The van der Waals surface area contributed by atoms with Gasteiger partial charge in [-0.25, -0.2) is 4.39 Å². The van der Waals surface area contributed by atoms with Gasteiger partial charge in [-0.1, -0.05) is 12.1 Å². The number of nitrogens with one attached hydrogen (secondary N) is 1. The van der Waals surface area contributed by atoms with Crippen LogP contribution >= 0.6 is 0 Å². The Hall–Kier alpha value is -1.68. The van der Waals surface area contributed by atoms with Crippen molar-refractivity contribution in [3.8, 4) is 0 Å². The summed E-state index contributed by atoms with van der Waals surface area (Å²) in [5, 5.41) is 7.59. The highest BCUT2D eigenvalue weighted by molar-refractivity contribution is 5.17. The Labute approximate surface area is 113 Å². The van der Waals surface area contributed by atoms with Crippen LogP contribution in [0.4, 0.5) is 4.39 Å². The van der Waals surface area contributed by atoms with Crippen molar-refractivity contribution in [3.05, 3.63) is 53.6 Å². The minimum absolute atomic E-state index is 0.167. The first-order chi connectivity index (χ1) is 9.13. The maximum absolute atomic E-state index is 13.1. The summed E-state index contributed by atoms with van der Waals surface area (Å²) in [6, 6.07) is 7.12. The smallest absolute Gasteiger partial charge is 0.123 e. The zero-order chi connectivity index (χ0) is 13.7. The molecule has 0 aliphatic heterocycles. The standard InChI is InChI=1S/C15H20FN3/c1-12(8-13-4-3-5-15(16)9-13)17-7-6-14-10-18-19(2)11-14/h3-5,9-12,17H,6-8H2,1-2H3. The van der Waals surface area contributed by atoms with E-state index >= 15 is 0 Å². The predicted molar refractivity (Wildman–Crippen MR) is 74.5 cm³/mol. The molecule has 0 saturated heterocycles. The van der Waals surface area contributed by atoms with Crippen molar-refractivity contribution in [1.29, 1.82) is 0 Å². The van der Waals surface area contributed by atoms with E-state index in [1.165, 1.54) is 11.6 Å². The van der Waals surface area contributed by atoms with E-state index in [1.807, 2.05) is 30.2 Å². The predicted octanol–water partition coefficient (Wildman–Crippen LogP) is 2.32. The monoisotopic (exact) mass is 261 g/mol. The van der Waals surface area contributed by atoms with E-state index in [9.17, 15) is 4.39 Å². The zero-order valence-corrected chi connectivity index (χ0v) is 11.4. The molecule has 4 heteroatoms. The van der Waals surface area contributed by atoms with Gasteiger partial charge in [0.1, 0.15) is 5.82 Å². The normalized spacial score (nSPS) is 12.6. The van der Waals surface area contributed by atoms with Gasteiger partial charge in [0.15, 0.2) is 0 Å². The molecule has 0 radical (unpaired) electrons.